The number of anilines is 2. The molecule has 0 aliphatic carbocycles. The molecule has 0 radical (unpaired) electrons. The number of aromatic nitrogens is 3. The van der Waals surface area contributed by atoms with Crippen molar-refractivity contribution in [3.05, 3.63) is 48.3 Å². The highest BCUT2D eigenvalue weighted by molar-refractivity contribution is 8.01. The number of aryl methyl sites for hydroxylation is 1. The van der Waals surface area contributed by atoms with E-state index in [4.69, 9.17) is 4.74 Å². The molecule has 140 valence electrons. The Labute approximate surface area is 163 Å². The maximum absolute atomic E-state index is 12.0. The largest absolute Gasteiger partial charge is 0.495 e. The Bertz CT molecular complexity index is 953. The van der Waals surface area contributed by atoms with Crippen LogP contribution in [0.3, 0.4) is 0 Å². The van der Waals surface area contributed by atoms with Gasteiger partial charge in [0.05, 0.1) is 18.6 Å². The minimum Gasteiger partial charge on any atom is -0.495 e. The van der Waals surface area contributed by atoms with Crippen molar-refractivity contribution in [1.82, 2.24) is 20.1 Å². The average molecular weight is 403 g/mol. The van der Waals surface area contributed by atoms with E-state index in [-0.39, 0.29) is 11.7 Å². The van der Waals surface area contributed by atoms with E-state index in [1.54, 1.807) is 37.1 Å². The van der Waals surface area contributed by atoms with Crippen LogP contribution in [0, 0.1) is 0 Å². The quantitative estimate of drug-likeness (QED) is 0.585. The first-order valence-corrected chi connectivity index (χ1v) is 9.69. The van der Waals surface area contributed by atoms with Gasteiger partial charge < -0.3 is 14.6 Å². The van der Waals surface area contributed by atoms with Crippen LogP contribution in [0.25, 0.3) is 0 Å². The van der Waals surface area contributed by atoms with Crippen LogP contribution < -0.4 is 15.4 Å². The zero-order valence-electron chi connectivity index (χ0n) is 14.6. The minimum atomic E-state index is -0.427. The van der Waals surface area contributed by atoms with Gasteiger partial charge in [0.15, 0.2) is 4.34 Å². The second kappa shape index (κ2) is 8.69. The van der Waals surface area contributed by atoms with Crippen LogP contribution in [-0.4, -0.2) is 39.4 Å². The first-order chi connectivity index (χ1) is 13.1. The average Bonchev–Trinajstić information content (AvgIpc) is 3.29. The molecule has 3 aromatic rings. The number of imide groups is 1. The predicted octanol–water partition coefficient (Wildman–Crippen LogP) is 2.68. The highest BCUT2D eigenvalue weighted by Crippen LogP contribution is 2.31. The molecule has 3 rings (SSSR count). The minimum absolute atomic E-state index is 0.0689. The van der Waals surface area contributed by atoms with Crippen molar-refractivity contribution >= 4 is 45.7 Å². The molecule has 2 N–H and O–H groups in total. The summed E-state index contributed by atoms with van der Waals surface area (Å²) in [5, 5.41) is 14.2. The van der Waals surface area contributed by atoms with Crippen LogP contribution in [0.2, 0.25) is 0 Å². The van der Waals surface area contributed by atoms with Crippen molar-refractivity contribution < 1.29 is 14.3 Å². The number of carbonyl (C=O) groups excluding carboxylic acids is 2. The molecule has 2 heterocycles. The van der Waals surface area contributed by atoms with Crippen molar-refractivity contribution in [3.8, 4) is 5.75 Å². The number of nitrogens with one attached hydrogen (secondary N) is 2. The van der Waals surface area contributed by atoms with Crippen molar-refractivity contribution in [2.75, 3.05) is 18.2 Å². The van der Waals surface area contributed by atoms with Crippen molar-refractivity contribution in [1.29, 1.82) is 0 Å². The van der Waals surface area contributed by atoms with E-state index in [0.29, 0.717) is 20.9 Å². The smallest absolute Gasteiger partial charge is 0.274 e. The van der Waals surface area contributed by atoms with Crippen LogP contribution in [-0.2, 0) is 11.8 Å². The number of hydrogen-bond donors (Lipinski definition) is 2. The highest BCUT2D eigenvalue weighted by atomic mass is 32.2. The molecule has 0 unspecified atom stereocenters. The van der Waals surface area contributed by atoms with Gasteiger partial charge in [-0.3, -0.25) is 14.9 Å². The van der Waals surface area contributed by atoms with E-state index in [1.165, 1.54) is 23.1 Å². The van der Waals surface area contributed by atoms with Crippen molar-refractivity contribution in [2.24, 2.45) is 7.05 Å². The lowest BCUT2D eigenvalue weighted by Gasteiger charge is -2.07. The molecule has 27 heavy (non-hydrogen) atoms. The lowest BCUT2D eigenvalue weighted by molar-refractivity contribution is -0.117. The highest BCUT2D eigenvalue weighted by Gasteiger charge is 2.14. The summed E-state index contributed by atoms with van der Waals surface area (Å²) in [6.07, 6.45) is 1.74. The topological polar surface area (TPSA) is 98.1 Å². The summed E-state index contributed by atoms with van der Waals surface area (Å²) in [5.74, 6) is -0.0515. The Morgan fingerprint density at radius 2 is 2.04 bits per heavy atom. The fourth-order valence-electron chi connectivity index (χ4n) is 2.23. The van der Waals surface area contributed by atoms with Crippen LogP contribution in [0.15, 0.2) is 46.9 Å². The standard InChI is InChI=1S/C17H17N5O3S2/c1-22-9-5-7-12(22)15(24)19-14(23)10-26-17-21-20-16(27-17)18-11-6-3-4-8-13(11)25-2/h3-9H,10H2,1-2H3,(H,18,20)(H,19,23,24). The molecule has 0 aliphatic rings. The molecule has 0 saturated heterocycles. The number of benzene rings is 1. The third-order valence-corrected chi connectivity index (χ3v) is 5.48. The molecule has 2 aromatic heterocycles. The van der Waals surface area contributed by atoms with Gasteiger partial charge in [0.2, 0.25) is 11.0 Å². The van der Waals surface area contributed by atoms with Gasteiger partial charge in [-0.25, -0.2) is 0 Å². The molecule has 0 aliphatic heterocycles. The van der Waals surface area contributed by atoms with Gasteiger partial charge in [-0.15, -0.1) is 10.2 Å². The number of methoxy groups -OCH3 is 1. The molecule has 0 fully saturated rings. The second-order valence-corrected chi connectivity index (χ2v) is 7.57. The Balaban J connectivity index is 1.53. The Hall–Kier alpha value is -2.85. The molecule has 8 nitrogen and oxygen atoms in total. The Morgan fingerprint density at radius 3 is 2.78 bits per heavy atom. The van der Waals surface area contributed by atoms with E-state index in [2.05, 4.69) is 20.8 Å². The first-order valence-electron chi connectivity index (χ1n) is 7.88. The molecular formula is C17H17N5O3S2. The number of rotatable bonds is 7. The van der Waals surface area contributed by atoms with E-state index in [1.807, 2.05) is 24.3 Å². The summed E-state index contributed by atoms with van der Waals surface area (Å²) >= 11 is 2.53. The second-order valence-electron chi connectivity index (χ2n) is 5.37. The molecule has 2 amide bonds. The molecule has 0 atom stereocenters. The van der Waals surface area contributed by atoms with Crippen LogP contribution in [0.4, 0.5) is 10.8 Å². The number of nitrogens with zero attached hydrogens (tertiary/aromatic N) is 3. The van der Waals surface area contributed by atoms with Crippen molar-refractivity contribution in [2.45, 2.75) is 4.34 Å². The van der Waals surface area contributed by atoms with Gasteiger partial charge in [-0.2, -0.15) is 0 Å². The summed E-state index contributed by atoms with van der Waals surface area (Å²) in [6.45, 7) is 0. The van der Waals surface area contributed by atoms with Gasteiger partial charge in [-0.1, -0.05) is 35.2 Å². The van der Waals surface area contributed by atoms with Gasteiger partial charge >= 0.3 is 0 Å². The fourth-order valence-corrected chi connectivity index (χ4v) is 3.80. The van der Waals surface area contributed by atoms with Crippen LogP contribution in [0.1, 0.15) is 10.5 Å². The normalized spacial score (nSPS) is 10.4. The number of carbonyl (C=O) groups is 2. The van der Waals surface area contributed by atoms with Gasteiger partial charge in [0.25, 0.3) is 5.91 Å². The SMILES string of the molecule is COc1ccccc1Nc1nnc(SCC(=O)NC(=O)c2cccn2C)s1. The number of para-hydroxylation sites is 2. The molecule has 0 bridgehead atoms. The third-order valence-electron chi connectivity index (χ3n) is 3.51. The predicted molar refractivity (Wildman–Crippen MR) is 105 cm³/mol. The van der Waals surface area contributed by atoms with Gasteiger partial charge in [0.1, 0.15) is 11.4 Å². The Kier molecular flexibility index (Phi) is 6.09. The summed E-state index contributed by atoms with van der Waals surface area (Å²) in [7, 11) is 3.34. The van der Waals surface area contributed by atoms with Crippen molar-refractivity contribution in [3.63, 3.8) is 0 Å². The first kappa shape index (κ1) is 18.9. The number of ether oxygens (including phenoxy) is 1. The maximum Gasteiger partial charge on any atom is 0.274 e. The summed E-state index contributed by atoms with van der Waals surface area (Å²) in [5.41, 5.74) is 1.20. The lowest BCUT2D eigenvalue weighted by Crippen LogP contribution is -2.32. The monoisotopic (exact) mass is 403 g/mol. The summed E-state index contributed by atoms with van der Waals surface area (Å²) < 4.78 is 7.55. The number of thioether (sulfide) groups is 1. The molecule has 0 spiro atoms. The molecular weight excluding hydrogens is 386 g/mol. The Morgan fingerprint density at radius 1 is 1.22 bits per heavy atom. The van der Waals surface area contributed by atoms with Crippen LogP contribution >= 0.6 is 23.1 Å². The van der Waals surface area contributed by atoms with E-state index < -0.39 is 5.91 Å². The summed E-state index contributed by atoms with van der Waals surface area (Å²) in [4.78, 5) is 24.0. The molecule has 1 aromatic carbocycles. The molecule has 10 heteroatoms. The van der Waals surface area contributed by atoms with E-state index >= 15 is 0 Å². The van der Waals surface area contributed by atoms with Crippen LogP contribution in [0.5, 0.6) is 5.75 Å². The zero-order chi connectivity index (χ0) is 19.2. The summed E-state index contributed by atoms with van der Waals surface area (Å²) in [6, 6.07) is 10.9. The van der Waals surface area contributed by atoms with E-state index in [9.17, 15) is 9.59 Å². The maximum atomic E-state index is 12.0. The van der Waals surface area contributed by atoms with E-state index in [0.717, 1.165) is 5.69 Å². The number of amides is 2. The third kappa shape index (κ3) is 4.86. The fraction of sp³-hybridized carbons (Fsp3) is 0.176. The lowest BCUT2D eigenvalue weighted by atomic mass is 10.3. The van der Waals surface area contributed by atoms with Gasteiger partial charge in [0, 0.05) is 13.2 Å². The zero-order valence-corrected chi connectivity index (χ0v) is 16.3. The van der Waals surface area contributed by atoms with Gasteiger partial charge in [-0.05, 0) is 24.3 Å². The molecule has 0 saturated carbocycles. The number of hydrogen-bond acceptors (Lipinski definition) is 8.